The van der Waals surface area contributed by atoms with Gasteiger partial charge >= 0.3 is 0 Å². The van der Waals surface area contributed by atoms with Crippen LogP contribution in [0.25, 0.3) is 39.4 Å². The molecular weight excluding hydrogens is 496 g/mol. The number of thiazole rings is 1. The SMILES string of the molecule is COc1ccc(-c2nn(-c3ccccc3)cc2/C=c2\sc3nc(-c4ccncc4)nn3c2=O)cc1Cl. The highest BCUT2D eigenvalue weighted by Crippen LogP contribution is 2.32. The van der Waals surface area contributed by atoms with Gasteiger partial charge in [-0.25, -0.2) is 4.68 Å². The summed E-state index contributed by atoms with van der Waals surface area (Å²) in [5.41, 5.74) is 3.69. The van der Waals surface area contributed by atoms with Crippen LogP contribution >= 0.6 is 22.9 Å². The molecule has 0 fully saturated rings. The van der Waals surface area contributed by atoms with Crippen molar-refractivity contribution in [2.24, 2.45) is 0 Å². The number of para-hydroxylation sites is 1. The average Bonchev–Trinajstić information content (AvgIpc) is 3.60. The zero-order valence-corrected chi connectivity index (χ0v) is 20.4. The van der Waals surface area contributed by atoms with Gasteiger partial charge in [-0.3, -0.25) is 9.78 Å². The lowest BCUT2D eigenvalue weighted by molar-refractivity contribution is 0.415. The van der Waals surface area contributed by atoms with E-state index in [1.54, 1.807) is 48.5 Å². The normalized spacial score (nSPS) is 11.9. The predicted octanol–water partition coefficient (Wildman–Crippen LogP) is 4.28. The van der Waals surface area contributed by atoms with Crippen molar-refractivity contribution < 1.29 is 4.74 Å². The van der Waals surface area contributed by atoms with Crippen molar-refractivity contribution in [2.45, 2.75) is 0 Å². The number of benzene rings is 2. The molecule has 8 nitrogen and oxygen atoms in total. The third kappa shape index (κ3) is 3.94. The van der Waals surface area contributed by atoms with E-state index in [1.807, 2.05) is 48.7 Å². The highest BCUT2D eigenvalue weighted by Gasteiger charge is 2.16. The Balaban J connectivity index is 1.50. The number of methoxy groups -OCH3 is 1. The Morgan fingerprint density at radius 1 is 1.00 bits per heavy atom. The standard InChI is InChI=1S/C26H17ClN6O2S/c1-35-21-8-7-17(13-20(21)27)23-18(15-32(30-23)19-5-3-2-4-6-19)14-22-25(34)33-26(36-22)29-24(31-33)16-9-11-28-12-10-16/h2-15H,1H3/b22-14-. The third-order valence-electron chi connectivity index (χ3n) is 5.60. The third-order valence-corrected chi connectivity index (χ3v) is 6.85. The Kier molecular flexibility index (Phi) is 5.55. The van der Waals surface area contributed by atoms with Crippen molar-refractivity contribution in [3.8, 4) is 34.1 Å². The highest BCUT2D eigenvalue weighted by molar-refractivity contribution is 7.15. The smallest absolute Gasteiger partial charge is 0.291 e. The van der Waals surface area contributed by atoms with Crippen molar-refractivity contribution >= 4 is 34.0 Å². The van der Waals surface area contributed by atoms with Crippen molar-refractivity contribution in [2.75, 3.05) is 7.11 Å². The molecule has 0 atom stereocenters. The highest BCUT2D eigenvalue weighted by atomic mass is 35.5. The Hall–Kier alpha value is -4.34. The molecule has 4 heterocycles. The first-order valence-electron chi connectivity index (χ1n) is 10.9. The molecular formula is C26H17ClN6O2S. The molecule has 0 radical (unpaired) electrons. The fourth-order valence-corrected chi connectivity index (χ4v) is 5.00. The monoisotopic (exact) mass is 512 g/mol. The number of nitrogens with zero attached hydrogens (tertiary/aromatic N) is 6. The number of rotatable bonds is 5. The average molecular weight is 513 g/mol. The minimum Gasteiger partial charge on any atom is -0.495 e. The molecule has 0 spiro atoms. The molecule has 0 saturated carbocycles. The molecule has 6 rings (SSSR count). The summed E-state index contributed by atoms with van der Waals surface area (Å²) >= 11 is 7.68. The number of hydrogen-bond donors (Lipinski definition) is 0. The van der Waals surface area contributed by atoms with Gasteiger partial charge in [-0.2, -0.15) is 14.6 Å². The second-order valence-electron chi connectivity index (χ2n) is 7.84. The number of fused-ring (bicyclic) bond motifs is 1. The van der Waals surface area contributed by atoms with Crippen molar-refractivity contribution in [1.29, 1.82) is 0 Å². The first-order valence-corrected chi connectivity index (χ1v) is 12.1. The number of pyridine rings is 1. The molecule has 0 unspecified atom stereocenters. The zero-order chi connectivity index (χ0) is 24.6. The lowest BCUT2D eigenvalue weighted by atomic mass is 10.1. The van der Waals surface area contributed by atoms with Crippen molar-refractivity contribution in [1.82, 2.24) is 29.4 Å². The first-order chi connectivity index (χ1) is 17.6. The summed E-state index contributed by atoms with van der Waals surface area (Å²) in [6.07, 6.45) is 7.04. The van der Waals surface area contributed by atoms with Gasteiger partial charge in [-0.15, -0.1) is 5.10 Å². The summed E-state index contributed by atoms with van der Waals surface area (Å²) in [5, 5.41) is 9.70. The van der Waals surface area contributed by atoms with Gasteiger partial charge in [0.25, 0.3) is 5.56 Å². The Labute approximate surface area is 213 Å². The van der Waals surface area contributed by atoms with Crippen LogP contribution in [-0.2, 0) is 0 Å². The van der Waals surface area contributed by atoms with E-state index >= 15 is 0 Å². The maximum atomic E-state index is 13.2. The quantitative estimate of drug-likeness (QED) is 0.343. The molecule has 6 aromatic rings. The van der Waals surface area contributed by atoms with Crippen LogP contribution in [0, 0.1) is 0 Å². The summed E-state index contributed by atoms with van der Waals surface area (Å²) in [6.45, 7) is 0. The van der Waals surface area contributed by atoms with Crippen LogP contribution < -0.4 is 14.8 Å². The Morgan fingerprint density at radius 2 is 1.81 bits per heavy atom. The number of halogens is 1. The van der Waals surface area contributed by atoms with Gasteiger partial charge in [-0.1, -0.05) is 41.1 Å². The van der Waals surface area contributed by atoms with Gasteiger partial charge in [-0.05, 0) is 48.5 Å². The summed E-state index contributed by atoms with van der Waals surface area (Å²) in [7, 11) is 1.57. The van der Waals surface area contributed by atoms with Crippen molar-refractivity contribution in [3.63, 3.8) is 0 Å². The lowest BCUT2D eigenvalue weighted by Gasteiger charge is -2.05. The van der Waals surface area contributed by atoms with E-state index in [0.717, 1.165) is 22.4 Å². The van der Waals surface area contributed by atoms with Gasteiger partial charge in [0.05, 0.1) is 22.4 Å². The van der Waals surface area contributed by atoms with Crippen LogP contribution in [0.3, 0.4) is 0 Å². The van der Waals surface area contributed by atoms with Crippen LogP contribution in [0.2, 0.25) is 5.02 Å². The van der Waals surface area contributed by atoms with E-state index in [1.165, 1.54) is 15.9 Å². The van der Waals surface area contributed by atoms with Gasteiger partial charge < -0.3 is 4.74 Å². The minimum absolute atomic E-state index is 0.242. The molecule has 0 aliphatic rings. The topological polar surface area (TPSA) is 87.2 Å². The van der Waals surface area contributed by atoms with Gasteiger partial charge in [0.1, 0.15) is 11.4 Å². The van der Waals surface area contributed by atoms with E-state index in [2.05, 4.69) is 15.1 Å². The molecule has 10 heteroatoms. The molecule has 0 aliphatic heterocycles. The molecule has 176 valence electrons. The second-order valence-corrected chi connectivity index (χ2v) is 9.26. The van der Waals surface area contributed by atoms with Gasteiger partial charge in [0.2, 0.25) is 4.96 Å². The molecule has 0 N–H and O–H groups in total. The molecule has 0 bridgehead atoms. The van der Waals surface area contributed by atoms with E-state index in [9.17, 15) is 4.79 Å². The van der Waals surface area contributed by atoms with E-state index < -0.39 is 0 Å². The van der Waals surface area contributed by atoms with Crippen molar-refractivity contribution in [3.05, 3.63) is 105 Å². The predicted molar refractivity (Wildman–Crippen MR) is 140 cm³/mol. The molecule has 0 saturated heterocycles. The van der Waals surface area contributed by atoms with Crippen LogP contribution in [0.5, 0.6) is 5.75 Å². The summed E-state index contributed by atoms with van der Waals surface area (Å²) in [5.74, 6) is 1.06. The molecule has 0 aliphatic carbocycles. The van der Waals surface area contributed by atoms with Crippen LogP contribution in [-0.4, -0.2) is 36.5 Å². The Morgan fingerprint density at radius 3 is 2.53 bits per heavy atom. The molecule has 2 aromatic carbocycles. The molecule has 36 heavy (non-hydrogen) atoms. The number of hydrogen-bond acceptors (Lipinski definition) is 7. The summed E-state index contributed by atoms with van der Waals surface area (Å²) in [4.78, 5) is 22.3. The van der Waals surface area contributed by atoms with Crippen LogP contribution in [0.15, 0.2) is 84.0 Å². The van der Waals surface area contributed by atoms with Crippen LogP contribution in [0.4, 0.5) is 0 Å². The second kappa shape index (κ2) is 9.03. The number of ether oxygens (including phenoxy) is 1. The van der Waals surface area contributed by atoms with E-state index in [4.69, 9.17) is 21.4 Å². The fraction of sp³-hybridized carbons (Fsp3) is 0.0385. The maximum Gasteiger partial charge on any atom is 0.291 e. The summed E-state index contributed by atoms with van der Waals surface area (Å²) in [6, 6.07) is 18.9. The first kappa shape index (κ1) is 22.1. The van der Waals surface area contributed by atoms with Gasteiger partial charge in [0, 0.05) is 35.3 Å². The zero-order valence-electron chi connectivity index (χ0n) is 18.9. The summed E-state index contributed by atoms with van der Waals surface area (Å²) < 4.78 is 8.90. The van der Waals surface area contributed by atoms with E-state index in [0.29, 0.717) is 31.8 Å². The minimum atomic E-state index is -0.242. The van der Waals surface area contributed by atoms with Crippen LogP contribution in [0.1, 0.15) is 5.56 Å². The maximum absolute atomic E-state index is 13.2. The largest absolute Gasteiger partial charge is 0.495 e. The van der Waals surface area contributed by atoms with E-state index in [-0.39, 0.29) is 5.56 Å². The fourth-order valence-electron chi connectivity index (χ4n) is 3.84. The molecule has 4 aromatic heterocycles. The molecule has 0 amide bonds. The number of aromatic nitrogens is 6. The Bertz CT molecular complexity index is 1810. The van der Waals surface area contributed by atoms with Gasteiger partial charge in [0.15, 0.2) is 5.82 Å². The lowest BCUT2D eigenvalue weighted by Crippen LogP contribution is -2.23.